The predicted octanol–water partition coefficient (Wildman–Crippen LogP) is 0.856. The standard InChI is InChI=1S/C11H17N3O/c1-14-8-11(7-13-14)6-12-5-10-3-2-4-15-9-10/h3,7-8,12H,2,4-6,9H2,1H3. The first-order valence-electron chi connectivity index (χ1n) is 5.28. The van der Waals surface area contributed by atoms with Crippen LogP contribution in [0.4, 0.5) is 0 Å². The Morgan fingerprint density at radius 3 is 3.13 bits per heavy atom. The lowest BCUT2D eigenvalue weighted by Gasteiger charge is -2.13. The Morgan fingerprint density at radius 2 is 2.47 bits per heavy atom. The van der Waals surface area contributed by atoms with Gasteiger partial charge in [0.25, 0.3) is 0 Å². The van der Waals surface area contributed by atoms with Crippen LogP contribution in [0, 0.1) is 0 Å². The first kappa shape index (κ1) is 10.4. The van der Waals surface area contributed by atoms with E-state index in [2.05, 4.69) is 16.5 Å². The molecule has 82 valence electrons. The van der Waals surface area contributed by atoms with Gasteiger partial charge in [-0.15, -0.1) is 0 Å². The molecule has 0 saturated carbocycles. The number of aromatic nitrogens is 2. The van der Waals surface area contributed by atoms with Gasteiger partial charge in [0.05, 0.1) is 19.4 Å². The molecule has 1 aromatic rings. The summed E-state index contributed by atoms with van der Waals surface area (Å²) >= 11 is 0. The Balaban J connectivity index is 1.72. The average molecular weight is 207 g/mol. The molecule has 0 spiro atoms. The summed E-state index contributed by atoms with van der Waals surface area (Å²) in [6.07, 6.45) is 7.22. The van der Waals surface area contributed by atoms with Crippen LogP contribution in [-0.4, -0.2) is 29.5 Å². The minimum atomic E-state index is 0.778. The molecule has 1 N–H and O–H groups in total. The Kier molecular flexibility index (Phi) is 3.53. The van der Waals surface area contributed by atoms with Gasteiger partial charge in [0, 0.05) is 31.9 Å². The van der Waals surface area contributed by atoms with Crippen LogP contribution in [0.2, 0.25) is 0 Å². The molecule has 1 aromatic heterocycles. The lowest BCUT2D eigenvalue weighted by Crippen LogP contribution is -2.20. The minimum Gasteiger partial charge on any atom is -0.377 e. The molecule has 4 nitrogen and oxygen atoms in total. The monoisotopic (exact) mass is 207 g/mol. The fourth-order valence-electron chi connectivity index (χ4n) is 1.66. The quantitative estimate of drug-likeness (QED) is 0.744. The highest BCUT2D eigenvalue weighted by atomic mass is 16.5. The molecule has 1 aliphatic rings. The highest BCUT2D eigenvalue weighted by Crippen LogP contribution is 2.04. The number of rotatable bonds is 4. The topological polar surface area (TPSA) is 39.1 Å². The summed E-state index contributed by atoms with van der Waals surface area (Å²) in [5, 5.41) is 7.50. The third-order valence-corrected chi connectivity index (χ3v) is 2.42. The van der Waals surface area contributed by atoms with Crippen molar-refractivity contribution in [2.24, 2.45) is 7.05 Å². The SMILES string of the molecule is Cn1cc(CNCC2=CCCOC2)cn1. The molecule has 15 heavy (non-hydrogen) atoms. The molecule has 2 heterocycles. The normalized spacial score (nSPS) is 16.5. The maximum atomic E-state index is 5.36. The van der Waals surface area contributed by atoms with E-state index in [1.807, 2.05) is 24.1 Å². The molecule has 0 amide bonds. The zero-order valence-corrected chi connectivity index (χ0v) is 9.07. The van der Waals surface area contributed by atoms with Crippen molar-refractivity contribution in [3.63, 3.8) is 0 Å². The van der Waals surface area contributed by atoms with Crippen LogP contribution in [0.25, 0.3) is 0 Å². The van der Waals surface area contributed by atoms with Crippen molar-refractivity contribution in [1.82, 2.24) is 15.1 Å². The van der Waals surface area contributed by atoms with E-state index in [1.54, 1.807) is 0 Å². The highest BCUT2D eigenvalue weighted by molar-refractivity contribution is 5.08. The highest BCUT2D eigenvalue weighted by Gasteiger charge is 2.03. The van der Waals surface area contributed by atoms with Gasteiger partial charge < -0.3 is 10.1 Å². The lowest BCUT2D eigenvalue weighted by molar-refractivity contribution is 0.149. The van der Waals surface area contributed by atoms with E-state index in [9.17, 15) is 0 Å². The minimum absolute atomic E-state index is 0.778. The molecule has 0 fully saturated rings. The largest absolute Gasteiger partial charge is 0.377 e. The smallest absolute Gasteiger partial charge is 0.0689 e. The van der Waals surface area contributed by atoms with Crippen molar-refractivity contribution in [3.8, 4) is 0 Å². The van der Waals surface area contributed by atoms with E-state index in [4.69, 9.17) is 4.74 Å². The second-order valence-corrected chi connectivity index (χ2v) is 3.83. The van der Waals surface area contributed by atoms with Gasteiger partial charge in [-0.05, 0) is 12.0 Å². The summed E-state index contributed by atoms with van der Waals surface area (Å²) in [7, 11) is 1.93. The van der Waals surface area contributed by atoms with E-state index in [0.717, 1.165) is 32.7 Å². The van der Waals surface area contributed by atoms with Crippen LogP contribution < -0.4 is 5.32 Å². The molecule has 1 aliphatic heterocycles. The fraction of sp³-hybridized carbons (Fsp3) is 0.545. The van der Waals surface area contributed by atoms with Crippen LogP contribution in [0.1, 0.15) is 12.0 Å². The molecular formula is C11H17N3O. The van der Waals surface area contributed by atoms with E-state index < -0.39 is 0 Å². The molecule has 2 rings (SSSR count). The van der Waals surface area contributed by atoms with Crippen LogP contribution in [0.3, 0.4) is 0 Å². The number of aryl methyl sites for hydroxylation is 1. The van der Waals surface area contributed by atoms with Gasteiger partial charge in [-0.2, -0.15) is 5.10 Å². The molecule has 0 atom stereocenters. The van der Waals surface area contributed by atoms with Crippen molar-refractivity contribution in [2.45, 2.75) is 13.0 Å². The maximum absolute atomic E-state index is 5.36. The average Bonchev–Trinajstić information content (AvgIpc) is 2.66. The number of hydrogen-bond acceptors (Lipinski definition) is 3. The molecule has 0 bridgehead atoms. The Bertz CT molecular complexity index is 343. The fourth-order valence-corrected chi connectivity index (χ4v) is 1.66. The number of nitrogens with one attached hydrogen (secondary N) is 1. The lowest BCUT2D eigenvalue weighted by atomic mass is 10.2. The van der Waals surface area contributed by atoms with Crippen LogP contribution in [0.5, 0.6) is 0 Å². The van der Waals surface area contributed by atoms with Crippen molar-refractivity contribution in [3.05, 3.63) is 29.6 Å². The zero-order valence-electron chi connectivity index (χ0n) is 9.07. The molecule has 4 heteroatoms. The molecule has 0 aromatic carbocycles. The van der Waals surface area contributed by atoms with Gasteiger partial charge in [0.1, 0.15) is 0 Å². The second-order valence-electron chi connectivity index (χ2n) is 3.83. The van der Waals surface area contributed by atoms with E-state index in [-0.39, 0.29) is 0 Å². The molecule has 0 aliphatic carbocycles. The van der Waals surface area contributed by atoms with Crippen LogP contribution in [0.15, 0.2) is 24.0 Å². The van der Waals surface area contributed by atoms with Crippen molar-refractivity contribution >= 4 is 0 Å². The first-order chi connectivity index (χ1) is 7.34. The van der Waals surface area contributed by atoms with E-state index in [0.29, 0.717) is 0 Å². The van der Waals surface area contributed by atoms with E-state index in [1.165, 1.54) is 11.1 Å². The summed E-state index contributed by atoms with van der Waals surface area (Å²) in [5.41, 5.74) is 2.57. The summed E-state index contributed by atoms with van der Waals surface area (Å²) in [6, 6.07) is 0. The summed E-state index contributed by atoms with van der Waals surface area (Å²) in [4.78, 5) is 0. The molecule has 0 unspecified atom stereocenters. The van der Waals surface area contributed by atoms with Crippen LogP contribution >= 0.6 is 0 Å². The number of ether oxygens (including phenoxy) is 1. The van der Waals surface area contributed by atoms with E-state index >= 15 is 0 Å². The number of nitrogens with zero attached hydrogens (tertiary/aromatic N) is 2. The first-order valence-corrected chi connectivity index (χ1v) is 5.28. The van der Waals surface area contributed by atoms with Crippen molar-refractivity contribution in [1.29, 1.82) is 0 Å². The van der Waals surface area contributed by atoms with Gasteiger partial charge >= 0.3 is 0 Å². The van der Waals surface area contributed by atoms with Gasteiger partial charge in [-0.25, -0.2) is 0 Å². The molecule has 0 saturated heterocycles. The Hall–Kier alpha value is -1.13. The Labute approximate surface area is 89.9 Å². The number of hydrogen-bond donors (Lipinski definition) is 1. The van der Waals surface area contributed by atoms with Gasteiger partial charge in [-0.1, -0.05) is 6.08 Å². The zero-order chi connectivity index (χ0) is 10.5. The summed E-state index contributed by atoms with van der Waals surface area (Å²) in [5.74, 6) is 0. The molecule has 0 radical (unpaired) electrons. The third kappa shape index (κ3) is 3.18. The van der Waals surface area contributed by atoms with Gasteiger partial charge in [0.2, 0.25) is 0 Å². The third-order valence-electron chi connectivity index (χ3n) is 2.42. The molecular weight excluding hydrogens is 190 g/mol. The maximum Gasteiger partial charge on any atom is 0.0689 e. The Morgan fingerprint density at radius 1 is 1.53 bits per heavy atom. The predicted molar refractivity (Wildman–Crippen MR) is 58.4 cm³/mol. The summed E-state index contributed by atoms with van der Waals surface area (Å²) < 4.78 is 7.18. The van der Waals surface area contributed by atoms with Crippen molar-refractivity contribution < 1.29 is 4.74 Å². The van der Waals surface area contributed by atoms with Crippen molar-refractivity contribution in [2.75, 3.05) is 19.8 Å². The second kappa shape index (κ2) is 5.09. The van der Waals surface area contributed by atoms with Gasteiger partial charge in [0.15, 0.2) is 0 Å². The van der Waals surface area contributed by atoms with Crippen LogP contribution in [-0.2, 0) is 18.3 Å². The summed E-state index contributed by atoms with van der Waals surface area (Å²) in [6.45, 7) is 3.42. The van der Waals surface area contributed by atoms with Gasteiger partial charge in [-0.3, -0.25) is 4.68 Å².